The third-order valence-electron chi connectivity index (χ3n) is 2.66. The highest BCUT2D eigenvalue weighted by Crippen LogP contribution is 2.18. The molecular formula is C13H13F2N3. The van der Waals surface area contributed by atoms with Crippen LogP contribution in [0.4, 0.5) is 20.4 Å². The molecule has 0 bridgehead atoms. The molecular weight excluding hydrogens is 236 g/mol. The molecule has 0 spiro atoms. The molecule has 1 heterocycles. The number of nitrogens with two attached hydrogens (primary N) is 1. The number of anilines is 2. The molecule has 3 N–H and O–H groups in total. The highest BCUT2D eigenvalue weighted by atomic mass is 19.1. The van der Waals surface area contributed by atoms with Gasteiger partial charge < -0.3 is 11.1 Å². The first-order chi connectivity index (χ1) is 8.58. The van der Waals surface area contributed by atoms with Crippen LogP contribution in [0.2, 0.25) is 0 Å². The Hall–Kier alpha value is -2.17. The lowest BCUT2D eigenvalue weighted by Crippen LogP contribution is -2.07. The van der Waals surface area contributed by atoms with Crippen molar-refractivity contribution in [2.24, 2.45) is 0 Å². The molecule has 5 heteroatoms. The van der Waals surface area contributed by atoms with E-state index >= 15 is 0 Å². The van der Waals surface area contributed by atoms with E-state index in [1.54, 1.807) is 0 Å². The first-order valence-electron chi connectivity index (χ1n) is 5.48. The summed E-state index contributed by atoms with van der Waals surface area (Å²) >= 11 is 0. The van der Waals surface area contributed by atoms with Gasteiger partial charge in [0.15, 0.2) is 23.3 Å². The minimum atomic E-state index is -0.853. The standard InChI is InChI=1S/C13H13F2N3/c1-8-4-2-3-5-9(8)7-17-13-11(15)6-10(14)12(16)18-13/h2-6H,7H2,1H3,(H3,16,17,18). The van der Waals surface area contributed by atoms with Gasteiger partial charge in [0.25, 0.3) is 0 Å². The van der Waals surface area contributed by atoms with E-state index in [0.29, 0.717) is 6.54 Å². The van der Waals surface area contributed by atoms with Crippen molar-refractivity contribution in [2.75, 3.05) is 11.1 Å². The van der Waals surface area contributed by atoms with Crippen molar-refractivity contribution in [3.63, 3.8) is 0 Å². The van der Waals surface area contributed by atoms with Crippen LogP contribution in [0.5, 0.6) is 0 Å². The molecule has 2 rings (SSSR count). The van der Waals surface area contributed by atoms with E-state index < -0.39 is 11.6 Å². The summed E-state index contributed by atoms with van der Waals surface area (Å²) in [6.45, 7) is 2.36. The predicted octanol–water partition coefficient (Wildman–Crippen LogP) is 2.86. The lowest BCUT2D eigenvalue weighted by atomic mass is 10.1. The molecule has 3 nitrogen and oxygen atoms in total. The number of nitrogens with zero attached hydrogens (tertiary/aromatic N) is 1. The second-order valence-corrected chi connectivity index (χ2v) is 3.97. The maximum Gasteiger partial charge on any atom is 0.168 e. The highest BCUT2D eigenvalue weighted by Gasteiger charge is 2.09. The zero-order valence-electron chi connectivity index (χ0n) is 9.87. The van der Waals surface area contributed by atoms with E-state index in [0.717, 1.165) is 17.2 Å². The van der Waals surface area contributed by atoms with Crippen LogP contribution in [0.15, 0.2) is 30.3 Å². The number of nitrogen functional groups attached to an aromatic ring is 1. The minimum Gasteiger partial charge on any atom is -0.381 e. The van der Waals surface area contributed by atoms with E-state index in [4.69, 9.17) is 5.73 Å². The first kappa shape index (κ1) is 12.3. The van der Waals surface area contributed by atoms with Gasteiger partial charge in [0.05, 0.1) is 0 Å². The lowest BCUT2D eigenvalue weighted by molar-refractivity contribution is 0.579. The summed E-state index contributed by atoms with van der Waals surface area (Å²) in [4.78, 5) is 3.63. The van der Waals surface area contributed by atoms with Crippen molar-refractivity contribution in [3.05, 3.63) is 53.1 Å². The van der Waals surface area contributed by atoms with Crippen molar-refractivity contribution >= 4 is 11.6 Å². The third kappa shape index (κ3) is 2.56. The average molecular weight is 249 g/mol. The number of aromatic nitrogens is 1. The second-order valence-electron chi connectivity index (χ2n) is 3.97. The van der Waals surface area contributed by atoms with E-state index in [1.807, 2.05) is 31.2 Å². The molecule has 94 valence electrons. The SMILES string of the molecule is Cc1ccccc1CNc1nc(N)c(F)cc1F. The fraction of sp³-hybridized carbons (Fsp3) is 0.154. The molecule has 0 atom stereocenters. The molecule has 0 saturated heterocycles. The van der Waals surface area contributed by atoms with E-state index in [2.05, 4.69) is 10.3 Å². The summed E-state index contributed by atoms with van der Waals surface area (Å²) in [5, 5.41) is 2.81. The van der Waals surface area contributed by atoms with Gasteiger partial charge in [-0.25, -0.2) is 13.8 Å². The minimum absolute atomic E-state index is 0.0443. The summed E-state index contributed by atoms with van der Waals surface area (Å²) in [7, 11) is 0. The fourth-order valence-electron chi connectivity index (χ4n) is 1.59. The first-order valence-corrected chi connectivity index (χ1v) is 5.48. The zero-order valence-corrected chi connectivity index (χ0v) is 9.87. The summed E-state index contributed by atoms with van der Waals surface area (Å²) in [6.07, 6.45) is 0. The van der Waals surface area contributed by atoms with Crippen molar-refractivity contribution in [2.45, 2.75) is 13.5 Å². The lowest BCUT2D eigenvalue weighted by Gasteiger charge is -2.09. The maximum atomic E-state index is 13.4. The Labute approximate surface area is 104 Å². The molecule has 1 aromatic carbocycles. The normalized spacial score (nSPS) is 10.4. The molecule has 0 aliphatic heterocycles. The van der Waals surface area contributed by atoms with Crippen LogP contribution in [0.3, 0.4) is 0 Å². The fourth-order valence-corrected chi connectivity index (χ4v) is 1.59. The van der Waals surface area contributed by atoms with Gasteiger partial charge in [-0.2, -0.15) is 0 Å². The molecule has 1 aromatic heterocycles. The van der Waals surface area contributed by atoms with Crippen molar-refractivity contribution in [1.29, 1.82) is 0 Å². The topological polar surface area (TPSA) is 50.9 Å². The Morgan fingerprint density at radius 3 is 2.67 bits per heavy atom. The molecule has 0 radical (unpaired) electrons. The van der Waals surface area contributed by atoms with Crippen molar-refractivity contribution < 1.29 is 8.78 Å². The molecule has 0 saturated carbocycles. The zero-order chi connectivity index (χ0) is 13.1. The second kappa shape index (κ2) is 5.00. The maximum absolute atomic E-state index is 13.4. The number of aryl methyl sites for hydroxylation is 1. The van der Waals surface area contributed by atoms with Gasteiger partial charge in [0.1, 0.15) is 0 Å². The Bertz CT molecular complexity index is 570. The van der Waals surface area contributed by atoms with Crippen LogP contribution >= 0.6 is 0 Å². The van der Waals surface area contributed by atoms with Crippen LogP contribution in [-0.4, -0.2) is 4.98 Å². The van der Waals surface area contributed by atoms with E-state index in [-0.39, 0.29) is 11.6 Å². The average Bonchev–Trinajstić information content (AvgIpc) is 2.34. The number of benzene rings is 1. The molecule has 0 aliphatic carbocycles. The third-order valence-corrected chi connectivity index (χ3v) is 2.66. The van der Waals surface area contributed by atoms with E-state index in [9.17, 15) is 8.78 Å². The molecule has 0 amide bonds. The summed E-state index contributed by atoms with van der Waals surface area (Å²) in [5.74, 6) is -1.97. The molecule has 2 aromatic rings. The van der Waals surface area contributed by atoms with E-state index in [1.165, 1.54) is 0 Å². The summed E-state index contributed by atoms with van der Waals surface area (Å²) in [6, 6.07) is 8.43. The van der Waals surface area contributed by atoms with Crippen LogP contribution in [0.25, 0.3) is 0 Å². The highest BCUT2D eigenvalue weighted by molar-refractivity contribution is 5.45. The number of hydrogen-bond acceptors (Lipinski definition) is 3. The molecule has 0 aliphatic rings. The quantitative estimate of drug-likeness (QED) is 0.879. The van der Waals surface area contributed by atoms with Crippen LogP contribution < -0.4 is 11.1 Å². The number of rotatable bonds is 3. The van der Waals surface area contributed by atoms with Crippen molar-refractivity contribution in [3.8, 4) is 0 Å². The van der Waals surface area contributed by atoms with Crippen molar-refractivity contribution in [1.82, 2.24) is 4.98 Å². The number of halogens is 2. The largest absolute Gasteiger partial charge is 0.381 e. The molecule has 0 fully saturated rings. The van der Waals surface area contributed by atoms with Gasteiger partial charge in [0.2, 0.25) is 0 Å². The molecule has 0 unspecified atom stereocenters. The van der Waals surface area contributed by atoms with Crippen LogP contribution in [0.1, 0.15) is 11.1 Å². The van der Waals surface area contributed by atoms with Gasteiger partial charge in [-0.15, -0.1) is 0 Å². The van der Waals surface area contributed by atoms with Crippen LogP contribution in [0, 0.1) is 18.6 Å². The van der Waals surface area contributed by atoms with Gasteiger partial charge in [-0.1, -0.05) is 24.3 Å². The molecule has 18 heavy (non-hydrogen) atoms. The summed E-state index contributed by atoms with van der Waals surface area (Å²) in [5.41, 5.74) is 7.39. The monoisotopic (exact) mass is 249 g/mol. The van der Waals surface area contributed by atoms with Gasteiger partial charge in [0, 0.05) is 12.6 Å². The smallest absolute Gasteiger partial charge is 0.168 e. The number of hydrogen-bond donors (Lipinski definition) is 2. The van der Waals surface area contributed by atoms with Gasteiger partial charge >= 0.3 is 0 Å². The number of nitrogens with one attached hydrogen (secondary N) is 1. The Balaban J connectivity index is 2.16. The predicted molar refractivity (Wildman–Crippen MR) is 67.1 cm³/mol. The van der Waals surface area contributed by atoms with Crippen LogP contribution in [-0.2, 0) is 6.54 Å². The summed E-state index contributed by atoms with van der Waals surface area (Å²) < 4.78 is 26.3. The Morgan fingerprint density at radius 2 is 1.94 bits per heavy atom. The Morgan fingerprint density at radius 1 is 1.22 bits per heavy atom. The Kier molecular flexibility index (Phi) is 3.41. The van der Waals surface area contributed by atoms with Gasteiger partial charge in [-0.3, -0.25) is 0 Å². The van der Waals surface area contributed by atoms with Gasteiger partial charge in [-0.05, 0) is 18.1 Å². The number of pyridine rings is 1.